The van der Waals surface area contributed by atoms with E-state index in [2.05, 4.69) is 41.7 Å². The lowest BCUT2D eigenvalue weighted by Crippen LogP contribution is -2.14. The fourth-order valence-electron chi connectivity index (χ4n) is 3.64. The molecule has 0 saturated heterocycles. The standard InChI is InChI=1S/C26H30N8O2S2/c1-27-19-11-7-17(8-12-19)15-21(35)29-25-33-31-23(37-25)5-3-4-6-24-32-34-26(38-24)30-22(36)16-18-9-13-20(28-2)14-10-18/h7-14,27-28H,3-6,15-16H2,1-2H3,(H,29,33,35)(H,30,34,36). The van der Waals surface area contributed by atoms with Crippen LogP contribution in [0.2, 0.25) is 0 Å². The molecule has 0 atom stereocenters. The normalized spacial score (nSPS) is 10.7. The van der Waals surface area contributed by atoms with Crippen molar-refractivity contribution in [3.63, 3.8) is 0 Å². The van der Waals surface area contributed by atoms with Crippen molar-refractivity contribution in [1.29, 1.82) is 0 Å². The minimum atomic E-state index is -0.115. The van der Waals surface area contributed by atoms with Gasteiger partial charge in [0.25, 0.3) is 0 Å². The van der Waals surface area contributed by atoms with E-state index >= 15 is 0 Å². The number of amides is 2. The Labute approximate surface area is 229 Å². The van der Waals surface area contributed by atoms with Gasteiger partial charge in [-0.1, -0.05) is 46.9 Å². The zero-order valence-electron chi connectivity index (χ0n) is 21.3. The lowest BCUT2D eigenvalue weighted by atomic mass is 10.1. The van der Waals surface area contributed by atoms with Gasteiger partial charge in [0.15, 0.2) is 0 Å². The molecule has 198 valence electrons. The number of aryl methyl sites for hydroxylation is 2. The van der Waals surface area contributed by atoms with E-state index in [0.717, 1.165) is 58.2 Å². The molecule has 12 heteroatoms. The Hall–Kier alpha value is -3.90. The number of carbonyl (C=O) groups is 2. The lowest BCUT2D eigenvalue weighted by molar-refractivity contribution is -0.116. The summed E-state index contributed by atoms with van der Waals surface area (Å²) in [5.74, 6) is -0.230. The van der Waals surface area contributed by atoms with E-state index in [-0.39, 0.29) is 24.7 Å². The second kappa shape index (κ2) is 13.6. The average Bonchev–Trinajstić information content (AvgIpc) is 3.56. The maximum absolute atomic E-state index is 12.3. The number of aromatic nitrogens is 4. The van der Waals surface area contributed by atoms with Gasteiger partial charge in [-0.3, -0.25) is 9.59 Å². The summed E-state index contributed by atoms with van der Waals surface area (Å²) < 4.78 is 0. The molecule has 0 fully saturated rings. The van der Waals surface area contributed by atoms with Crippen LogP contribution in [0.25, 0.3) is 0 Å². The monoisotopic (exact) mass is 550 g/mol. The summed E-state index contributed by atoms with van der Waals surface area (Å²) in [6, 6.07) is 15.5. The van der Waals surface area contributed by atoms with Gasteiger partial charge >= 0.3 is 0 Å². The summed E-state index contributed by atoms with van der Waals surface area (Å²) in [5.41, 5.74) is 3.88. The predicted molar refractivity (Wildman–Crippen MR) is 153 cm³/mol. The van der Waals surface area contributed by atoms with Crippen molar-refractivity contribution in [2.24, 2.45) is 0 Å². The molecular formula is C26H30N8O2S2. The maximum Gasteiger partial charge on any atom is 0.230 e. The van der Waals surface area contributed by atoms with Crippen LogP contribution in [-0.4, -0.2) is 46.3 Å². The Morgan fingerprint density at radius 2 is 1.03 bits per heavy atom. The van der Waals surface area contributed by atoms with Crippen LogP contribution in [0.1, 0.15) is 34.0 Å². The Bertz CT molecular complexity index is 1230. The van der Waals surface area contributed by atoms with E-state index in [1.807, 2.05) is 62.6 Å². The zero-order chi connectivity index (χ0) is 26.7. The van der Waals surface area contributed by atoms with Crippen molar-refractivity contribution in [2.75, 3.05) is 35.4 Å². The van der Waals surface area contributed by atoms with Gasteiger partial charge in [0, 0.05) is 38.3 Å². The number of benzene rings is 2. The quantitative estimate of drug-likeness (QED) is 0.180. The van der Waals surface area contributed by atoms with Crippen LogP contribution in [0.5, 0.6) is 0 Å². The molecule has 0 spiro atoms. The summed E-state index contributed by atoms with van der Waals surface area (Å²) in [6.45, 7) is 0. The third-order valence-corrected chi connectivity index (χ3v) is 7.47. The first-order chi connectivity index (χ1) is 18.5. The molecule has 2 aromatic heterocycles. The fourth-order valence-corrected chi connectivity index (χ4v) is 5.23. The van der Waals surface area contributed by atoms with Crippen LogP contribution in [0.4, 0.5) is 21.6 Å². The number of hydrogen-bond donors (Lipinski definition) is 4. The molecule has 0 saturated carbocycles. The minimum absolute atomic E-state index is 0.115. The average molecular weight is 551 g/mol. The van der Waals surface area contributed by atoms with E-state index in [9.17, 15) is 9.59 Å². The highest BCUT2D eigenvalue weighted by atomic mass is 32.1. The van der Waals surface area contributed by atoms with Gasteiger partial charge < -0.3 is 21.3 Å². The van der Waals surface area contributed by atoms with Crippen molar-refractivity contribution < 1.29 is 9.59 Å². The van der Waals surface area contributed by atoms with Crippen LogP contribution in [0.15, 0.2) is 48.5 Å². The van der Waals surface area contributed by atoms with Gasteiger partial charge in [0.1, 0.15) is 10.0 Å². The lowest BCUT2D eigenvalue weighted by Gasteiger charge is -2.03. The third-order valence-electron chi connectivity index (χ3n) is 5.67. The van der Waals surface area contributed by atoms with Crippen LogP contribution in [-0.2, 0) is 35.3 Å². The second-order valence-corrected chi connectivity index (χ2v) is 10.7. The predicted octanol–water partition coefficient (Wildman–Crippen LogP) is 4.40. The topological polar surface area (TPSA) is 134 Å². The van der Waals surface area contributed by atoms with Gasteiger partial charge in [0.2, 0.25) is 22.1 Å². The fraction of sp³-hybridized carbons (Fsp3) is 0.308. The zero-order valence-corrected chi connectivity index (χ0v) is 22.9. The van der Waals surface area contributed by atoms with Gasteiger partial charge in [-0.05, 0) is 48.2 Å². The van der Waals surface area contributed by atoms with Gasteiger partial charge in [-0.25, -0.2) is 0 Å². The summed E-state index contributed by atoms with van der Waals surface area (Å²) in [6.07, 6.45) is 3.93. The van der Waals surface area contributed by atoms with Crippen molar-refractivity contribution in [2.45, 2.75) is 38.5 Å². The molecule has 38 heavy (non-hydrogen) atoms. The van der Waals surface area contributed by atoms with E-state index in [1.54, 1.807) is 0 Å². The Kier molecular flexibility index (Phi) is 9.71. The highest BCUT2D eigenvalue weighted by Gasteiger charge is 2.11. The van der Waals surface area contributed by atoms with Gasteiger partial charge in [-0.15, -0.1) is 20.4 Å². The number of anilines is 4. The second-order valence-electron chi connectivity index (χ2n) is 8.55. The molecule has 2 aromatic carbocycles. The molecule has 2 amide bonds. The van der Waals surface area contributed by atoms with Crippen molar-refractivity contribution >= 4 is 56.1 Å². The first-order valence-corrected chi connectivity index (χ1v) is 13.9. The molecular weight excluding hydrogens is 520 g/mol. The number of carbonyl (C=O) groups excluding carboxylic acids is 2. The molecule has 4 rings (SSSR count). The molecule has 0 aliphatic heterocycles. The smallest absolute Gasteiger partial charge is 0.230 e. The summed E-state index contributed by atoms with van der Waals surface area (Å²) in [7, 11) is 3.72. The molecule has 0 unspecified atom stereocenters. The van der Waals surface area contributed by atoms with Crippen LogP contribution in [0, 0.1) is 0 Å². The summed E-state index contributed by atoms with van der Waals surface area (Å²) in [4.78, 5) is 24.6. The van der Waals surface area contributed by atoms with Gasteiger partial charge in [-0.2, -0.15) is 0 Å². The van der Waals surface area contributed by atoms with Crippen LogP contribution < -0.4 is 21.3 Å². The van der Waals surface area contributed by atoms with E-state index < -0.39 is 0 Å². The van der Waals surface area contributed by atoms with E-state index in [0.29, 0.717) is 10.3 Å². The number of hydrogen-bond acceptors (Lipinski definition) is 10. The van der Waals surface area contributed by atoms with Crippen molar-refractivity contribution in [3.05, 3.63) is 69.7 Å². The molecule has 0 aliphatic carbocycles. The molecule has 2 heterocycles. The number of nitrogens with zero attached hydrogens (tertiary/aromatic N) is 4. The number of unbranched alkanes of at least 4 members (excludes halogenated alkanes) is 1. The highest BCUT2D eigenvalue weighted by molar-refractivity contribution is 7.15. The number of rotatable bonds is 13. The van der Waals surface area contributed by atoms with Gasteiger partial charge in [0.05, 0.1) is 12.8 Å². The van der Waals surface area contributed by atoms with Crippen molar-refractivity contribution in [1.82, 2.24) is 20.4 Å². The number of nitrogens with one attached hydrogen (secondary N) is 4. The maximum atomic E-state index is 12.3. The summed E-state index contributed by atoms with van der Waals surface area (Å²) in [5, 5.41) is 31.1. The first kappa shape index (κ1) is 27.1. The molecule has 0 bridgehead atoms. The molecule has 4 N–H and O–H groups in total. The van der Waals surface area contributed by atoms with Crippen LogP contribution in [0.3, 0.4) is 0 Å². The SMILES string of the molecule is CNc1ccc(CC(=O)Nc2nnc(CCCCc3nnc(NC(=O)Cc4ccc(NC)cc4)s3)s2)cc1. The summed E-state index contributed by atoms with van der Waals surface area (Å²) >= 11 is 2.79. The Morgan fingerprint density at radius 1 is 0.632 bits per heavy atom. The first-order valence-electron chi connectivity index (χ1n) is 12.3. The van der Waals surface area contributed by atoms with E-state index in [1.165, 1.54) is 22.7 Å². The third kappa shape index (κ3) is 8.32. The molecule has 0 aliphatic rings. The largest absolute Gasteiger partial charge is 0.388 e. The molecule has 4 aromatic rings. The van der Waals surface area contributed by atoms with E-state index in [4.69, 9.17) is 0 Å². The highest BCUT2D eigenvalue weighted by Crippen LogP contribution is 2.21. The molecule has 10 nitrogen and oxygen atoms in total. The van der Waals surface area contributed by atoms with Crippen LogP contribution >= 0.6 is 22.7 Å². The molecule has 0 radical (unpaired) electrons. The van der Waals surface area contributed by atoms with Crippen molar-refractivity contribution in [3.8, 4) is 0 Å². The Balaban J connectivity index is 1.14. The minimum Gasteiger partial charge on any atom is -0.388 e. The Morgan fingerprint density at radius 3 is 1.39 bits per heavy atom.